The molecule has 1 saturated heterocycles. The van der Waals surface area contributed by atoms with Crippen LogP contribution in [0.15, 0.2) is 24.3 Å². The summed E-state index contributed by atoms with van der Waals surface area (Å²) >= 11 is 0. The van der Waals surface area contributed by atoms with E-state index in [2.05, 4.69) is 23.8 Å². The zero-order chi connectivity index (χ0) is 17.3. The lowest BCUT2D eigenvalue weighted by molar-refractivity contribution is 0.0628. The van der Waals surface area contributed by atoms with Crippen LogP contribution >= 0.6 is 37.2 Å². The summed E-state index contributed by atoms with van der Waals surface area (Å²) in [6.45, 7) is 8.30. The Labute approximate surface area is 179 Å². The first-order valence-electron chi connectivity index (χ1n) is 8.32. The monoisotopic (exact) mass is 435 g/mol. The predicted molar refractivity (Wildman–Crippen MR) is 116 cm³/mol. The Morgan fingerprint density at radius 3 is 2.26 bits per heavy atom. The Morgan fingerprint density at radius 1 is 1.11 bits per heavy atom. The van der Waals surface area contributed by atoms with E-state index in [-0.39, 0.29) is 43.1 Å². The molecular weight excluding hydrogens is 409 g/mol. The number of benzene rings is 1. The number of halogens is 3. The highest BCUT2D eigenvalue weighted by molar-refractivity contribution is 5.95. The minimum absolute atomic E-state index is 0. The van der Waals surface area contributed by atoms with Crippen LogP contribution in [0.5, 0.6) is 0 Å². The van der Waals surface area contributed by atoms with Crippen molar-refractivity contribution < 1.29 is 4.79 Å². The van der Waals surface area contributed by atoms with Crippen LogP contribution in [-0.2, 0) is 13.6 Å². The molecule has 2 heterocycles. The summed E-state index contributed by atoms with van der Waals surface area (Å²) in [5.41, 5.74) is 10.7. The van der Waals surface area contributed by atoms with Gasteiger partial charge in [-0.3, -0.25) is 14.4 Å². The summed E-state index contributed by atoms with van der Waals surface area (Å²) in [4.78, 5) is 16.9. The van der Waals surface area contributed by atoms with Crippen LogP contribution in [0.2, 0.25) is 0 Å². The van der Waals surface area contributed by atoms with Crippen LogP contribution < -0.4 is 5.73 Å². The second kappa shape index (κ2) is 10.8. The smallest absolute Gasteiger partial charge is 0.254 e. The number of hydrogen-bond acceptors (Lipinski definition) is 4. The molecule has 152 valence electrons. The third-order valence-electron chi connectivity index (χ3n) is 4.83. The zero-order valence-corrected chi connectivity index (χ0v) is 18.3. The van der Waals surface area contributed by atoms with Crippen molar-refractivity contribution in [3.63, 3.8) is 0 Å². The number of nitrogens with zero attached hydrogens (tertiary/aromatic N) is 4. The molecule has 1 amide bonds. The van der Waals surface area contributed by atoms with Gasteiger partial charge >= 0.3 is 0 Å². The molecule has 6 nitrogen and oxygen atoms in total. The molecule has 1 aliphatic rings. The van der Waals surface area contributed by atoms with Crippen molar-refractivity contribution in [1.82, 2.24) is 19.6 Å². The maximum Gasteiger partial charge on any atom is 0.254 e. The van der Waals surface area contributed by atoms with Crippen molar-refractivity contribution in [3.05, 3.63) is 46.8 Å². The van der Waals surface area contributed by atoms with Gasteiger partial charge in [0.2, 0.25) is 0 Å². The Kier molecular flexibility index (Phi) is 10.2. The predicted octanol–water partition coefficient (Wildman–Crippen LogP) is 2.84. The molecular formula is C18H28Cl3N5O. The van der Waals surface area contributed by atoms with Crippen LogP contribution in [0, 0.1) is 13.8 Å². The molecule has 0 atom stereocenters. The maximum atomic E-state index is 12.6. The van der Waals surface area contributed by atoms with Gasteiger partial charge in [-0.2, -0.15) is 5.10 Å². The van der Waals surface area contributed by atoms with Gasteiger partial charge in [0.15, 0.2) is 0 Å². The first kappa shape index (κ1) is 25.5. The molecule has 0 saturated carbocycles. The van der Waals surface area contributed by atoms with Crippen LogP contribution in [0.1, 0.15) is 27.3 Å². The first-order chi connectivity index (χ1) is 11.5. The van der Waals surface area contributed by atoms with Gasteiger partial charge in [0.1, 0.15) is 0 Å². The number of aryl methyl sites for hydroxylation is 2. The number of aromatic nitrogens is 2. The molecule has 3 rings (SSSR count). The van der Waals surface area contributed by atoms with E-state index < -0.39 is 0 Å². The lowest BCUT2D eigenvalue weighted by atomic mass is 10.1. The van der Waals surface area contributed by atoms with Gasteiger partial charge in [-0.1, -0.05) is 6.07 Å². The van der Waals surface area contributed by atoms with Gasteiger partial charge in [0, 0.05) is 62.3 Å². The van der Waals surface area contributed by atoms with E-state index in [1.54, 1.807) is 12.1 Å². The quantitative estimate of drug-likeness (QED) is 0.751. The third-order valence-corrected chi connectivity index (χ3v) is 4.83. The van der Waals surface area contributed by atoms with Crippen LogP contribution in [0.3, 0.4) is 0 Å². The van der Waals surface area contributed by atoms with Gasteiger partial charge in [-0.15, -0.1) is 37.2 Å². The second-order valence-corrected chi connectivity index (χ2v) is 6.47. The summed E-state index contributed by atoms with van der Waals surface area (Å²) < 4.78 is 1.93. The fourth-order valence-electron chi connectivity index (χ4n) is 3.23. The van der Waals surface area contributed by atoms with E-state index in [1.807, 2.05) is 28.8 Å². The second-order valence-electron chi connectivity index (χ2n) is 6.47. The molecule has 1 aromatic carbocycles. The lowest BCUT2D eigenvalue weighted by Crippen LogP contribution is -2.48. The molecule has 2 N–H and O–H groups in total. The van der Waals surface area contributed by atoms with Crippen molar-refractivity contribution in [1.29, 1.82) is 0 Å². The summed E-state index contributed by atoms with van der Waals surface area (Å²) in [6, 6.07) is 7.20. The molecule has 2 aromatic rings. The zero-order valence-electron chi connectivity index (χ0n) is 15.8. The molecule has 0 radical (unpaired) electrons. The summed E-state index contributed by atoms with van der Waals surface area (Å²) in [7, 11) is 1.98. The van der Waals surface area contributed by atoms with Gasteiger partial charge in [-0.25, -0.2) is 0 Å². The highest BCUT2D eigenvalue weighted by Gasteiger charge is 2.23. The largest absolute Gasteiger partial charge is 0.399 e. The molecule has 0 bridgehead atoms. The summed E-state index contributed by atoms with van der Waals surface area (Å²) in [5.74, 6) is 0.0655. The number of anilines is 1. The number of nitrogens with two attached hydrogens (primary N) is 1. The SMILES string of the molecule is Cc1nn(C)c(C)c1CN1CCN(C(=O)c2cccc(N)c2)CC1.Cl.Cl.Cl. The number of amides is 1. The van der Waals surface area contributed by atoms with Crippen molar-refractivity contribution in [3.8, 4) is 0 Å². The minimum Gasteiger partial charge on any atom is -0.399 e. The van der Waals surface area contributed by atoms with Crippen LogP contribution in [0.4, 0.5) is 5.69 Å². The molecule has 1 aromatic heterocycles. The van der Waals surface area contributed by atoms with Crippen molar-refractivity contribution in [2.45, 2.75) is 20.4 Å². The van der Waals surface area contributed by atoms with E-state index in [0.717, 1.165) is 38.4 Å². The van der Waals surface area contributed by atoms with Crippen molar-refractivity contribution >= 4 is 48.8 Å². The Morgan fingerprint density at radius 2 is 1.74 bits per heavy atom. The van der Waals surface area contributed by atoms with Gasteiger partial charge in [0.05, 0.1) is 5.69 Å². The Balaban J connectivity index is 0.00000225. The number of rotatable bonds is 3. The van der Waals surface area contributed by atoms with E-state index in [1.165, 1.54) is 11.3 Å². The van der Waals surface area contributed by atoms with Gasteiger partial charge < -0.3 is 10.6 Å². The highest BCUT2D eigenvalue weighted by atomic mass is 35.5. The third kappa shape index (κ3) is 5.75. The molecule has 0 spiro atoms. The topological polar surface area (TPSA) is 67.4 Å². The Bertz CT molecular complexity index is 757. The molecule has 9 heteroatoms. The summed E-state index contributed by atoms with van der Waals surface area (Å²) in [5, 5.41) is 4.48. The number of carbonyl (C=O) groups excluding carboxylic acids is 1. The average Bonchev–Trinajstić information content (AvgIpc) is 2.81. The number of carbonyl (C=O) groups is 1. The molecule has 0 unspecified atom stereocenters. The van der Waals surface area contributed by atoms with Gasteiger partial charge in [-0.05, 0) is 32.0 Å². The van der Waals surface area contributed by atoms with Crippen LogP contribution in [-0.4, -0.2) is 51.7 Å². The van der Waals surface area contributed by atoms with Crippen molar-refractivity contribution in [2.24, 2.45) is 7.05 Å². The maximum absolute atomic E-state index is 12.6. The number of hydrogen-bond donors (Lipinski definition) is 1. The van der Waals surface area contributed by atoms with E-state index >= 15 is 0 Å². The summed E-state index contributed by atoms with van der Waals surface area (Å²) in [6.07, 6.45) is 0. The Hall–Kier alpha value is -1.47. The number of nitrogen functional groups attached to an aromatic ring is 1. The number of piperazine rings is 1. The normalized spacial score (nSPS) is 14.0. The molecule has 0 aliphatic carbocycles. The highest BCUT2D eigenvalue weighted by Crippen LogP contribution is 2.17. The average molecular weight is 437 g/mol. The first-order valence-corrected chi connectivity index (χ1v) is 8.32. The van der Waals surface area contributed by atoms with Gasteiger partial charge in [0.25, 0.3) is 5.91 Å². The lowest BCUT2D eigenvalue weighted by Gasteiger charge is -2.34. The van der Waals surface area contributed by atoms with Crippen LogP contribution in [0.25, 0.3) is 0 Å². The molecule has 27 heavy (non-hydrogen) atoms. The minimum atomic E-state index is 0. The molecule has 1 fully saturated rings. The van der Waals surface area contributed by atoms with E-state index in [4.69, 9.17) is 5.73 Å². The molecule has 1 aliphatic heterocycles. The van der Waals surface area contributed by atoms with E-state index in [0.29, 0.717) is 11.3 Å². The van der Waals surface area contributed by atoms with Crippen molar-refractivity contribution in [2.75, 3.05) is 31.9 Å². The fourth-order valence-corrected chi connectivity index (χ4v) is 3.23. The standard InChI is InChI=1S/C18H25N5O.3ClH/c1-13-17(14(2)21(3)20-13)12-22-7-9-23(10-8-22)18(24)15-5-4-6-16(19)11-15;;;/h4-6,11H,7-10,12,19H2,1-3H3;3*1H. The fraction of sp³-hybridized carbons (Fsp3) is 0.444. The van der Waals surface area contributed by atoms with E-state index in [9.17, 15) is 4.79 Å².